The molecule has 0 bridgehead atoms. The lowest BCUT2D eigenvalue weighted by molar-refractivity contribution is 0.102. The Morgan fingerprint density at radius 3 is 2.73 bits per heavy atom. The number of fused-ring (bicyclic) bond motifs is 1. The van der Waals surface area contributed by atoms with E-state index in [4.69, 9.17) is 9.15 Å². The number of furan rings is 1. The van der Waals surface area contributed by atoms with Gasteiger partial charge in [0.05, 0.1) is 24.3 Å². The molecule has 0 atom stereocenters. The lowest BCUT2D eigenvalue weighted by Gasteiger charge is -2.13. The number of nitrogens with one attached hydrogen (secondary N) is 2. The lowest BCUT2D eigenvalue weighted by Crippen LogP contribution is -2.18. The van der Waals surface area contributed by atoms with Crippen LogP contribution in [0.25, 0.3) is 11.1 Å². The Balaban J connectivity index is 1.70. The number of rotatable bonds is 5. The fraction of sp³-hybridized carbons (Fsp3) is 0.333. The number of carbonyl (C=O) groups is 1. The molecule has 0 radical (unpaired) electrons. The normalized spacial score (nSPS) is 14.9. The number of aromatic nitrogens is 3. The van der Waals surface area contributed by atoms with E-state index in [-0.39, 0.29) is 11.4 Å². The van der Waals surface area contributed by atoms with E-state index in [1.807, 2.05) is 0 Å². The first kappa shape index (κ1) is 16.3. The van der Waals surface area contributed by atoms with Crippen molar-refractivity contribution in [1.82, 2.24) is 15.0 Å². The predicted octanol–water partition coefficient (Wildman–Crippen LogP) is 3.15. The second-order valence-electron chi connectivity index (χ2n) is 6.66. The van der Waals surface area contributed by atoms with E-state index >= 15 is 0 Å². The molecule has 2 N–H and O–H groups in total. The summed E-state index contributed by atoms with van der Waals surface area (Å²) in [5.41, 5.74) is 0.805. The van der Waals surface area contributed by atoms with Crippen LogP contribution in [0.1, 0.15) is 35.9 Å². The Bertz CT molecular complexity index is 976. The number of hydrogen-bond donors (Lipinski definition) is 2. The van der Waals surface area contributed by atoms with Gasteiger partial charge in [-0.25, -0.2) is 15.0 Å². The van der Waals surface area contributed by atoms with Crippen LogP contribution in [0.2, 0.25) is 0 Å². The smallest absolute Gasteiger partial charge is 0.261 e. The van der Waals surface area contributed by atoms with Gasteiger partial charge < -0.3 is 19.8 Å². The summed E-state index contributed by atoms with van der Waals surface area (Å²) in [4.78, 5) is 25.5. The molecule has 0 spiro atoms. The summed E-state index contributed by atoms with van der Waals surface area (Å²) in [6.07, 6.45) is 5.10. The Kier molecular flexibility index (Phi) is 3.75. The van der Waals surface area contributed by atoms with Crippen molar-refractivity contribution in [2.75, 3.05) is 17.7 Å². The van der Waals surface area contributed by atoms with Crippen molar-refractivity contribution in [2.45, 2.75) is 32.2 Å². The summed E-state index contributed by atoms with van der Waals surface area (Å²) in [5.74, 6) is 1.81. The highest BCUT2D eigenvalue weighted by Crippen LogP contribution is 2.40. The molecule has 0 aromatic carbocycles. The summed E-state index contributed by atoms with van der Waals surface area (Å²) in [7, 11) is 1.56. The van der Waals surface area contributed by atoms with Gasteiger partial charge in [0.1, 0.15) is 29.5 Å². The number of nitrogens with zero attached hydrogens (tertiary/aromatic N) is 3. The highest BCUT2D eigenvalue weighted by molar-refractivity contribution is 6.15. The summed E-state index contributed by atoms with van der Waals surface area (Å²) in [6, 6.07) is 3.40. The average Bonchev–Trinajstić information content (AvgIpc) is 3.24. The molecule has 3 heterocycles. The van der Waals surface area contributed by atoms with Crippen LogP contribution in [0.4, 0.5) is 11.6 Å². The molecule has 8 nitrogen and oxygen atoms in total. The molecule has 134 valence electrons. The van der Waals surface area contributed by atoms with Gasteiger partial charge in [0.2, 0.25) is 5.71 Å². The summed E-state index contributed by atoms with van der Waals surface area (Å²) >= 11 is 0. The third-order valence-electron chi connectivity index (χ3n) is 4.53. The number of anilines is 2. The predicted molar refractivity (Wildman–Crippen MR) is 96.5 cm³/mol. The molecular formula is C18H19N5O3. The molecule has 0 unspecified atom stereocenters. The topological polar surface area (TPSA) is 102 Å². The number of amides is 1. The number of hydrogen-bond acceptors (Lipinski definition) is 7. The van der Waals surface area contributed by atoms with Gasteiger partial charge in [0.15, 0.2) is 0 Å². The highest BCUT2D eigenvalue weighted by atomic mass is 16.5. The third kappa shape index (κ3) is 2.94. The van der Waals surface area contributed by atoms with Crippen LogP contribution in [0.15, 0.2) is 29.1 Å². The van der Waals surface area contributed by atoms with E-state index in [2.05, 4.69) is 32.5 Å². The standard InChI is InChI=1S/C18H19N5O3/c1-10-13(16(24)22-12-5-4-11(25-3)8-19-12)14-15(23-18(2)6-7-18)20-9-21-17(14)26-10/h4-5,8-9H,6-7H2,1-3H3,(H,19,22,24)(H,20,21,23). The van der Waals surface area contributed by atoms with Gasteiger partial charge in [0, 0.05) is 5.54 Å². The van der Waals surface area contributed by atoms with Crippen molar-refractivity contribution in [3.05, 3.63) is 36.0 Å². The number of ether oxygens (including phenoxy) is 1. The van der Waals surface area contributed by atoms with Gasteiger partial charge in [-0.15, -0.1) is 0 Å². The maximum atomic E-state index is 12.9. The number of carbonyl (C=O) groups excluding carboxylic acids is 1. The molecule has 0 aliphatic heterocycles. The van der Waals surface area contributed by atoms with Crippen molar-refractivity contribution >= 4 is 28.6 Å². The zero-order valence-electron chi connectivity index (χ0n) is 14.8. The molecule has 26 heavy (non-hydrogen) atoms. The lowest BCUT2D eigenvalue weighted by atomic mass is 10.1. The first-order valence-electron chi connectivity index (χ1n) is 8.33. The summed E-state index contributed by atoms with van der Waals surface area (Å²) in [6.45, 7) is 3.86. The summed E-state index contributed by atoms with van der Waals surface area (Å²) in [5, 5.41) is 6.77. The highest BCUT2D eigenvalue weighted by Gasteiger charge is 2.38. The first-order valence-corrected chi connectivity index (χ1v) is 8.33. The van der Waals surface area contributed by atoms with E-state index in [0.29, 0.717) is 39.8 Å². The van der Waals surface area contributed by atoms with Crippen molar-refractivity contribution in [2.24, 2.45) is 0 Å². The Labute approximate surface area is 150 Å². The second kappa shape index (κ2) is 5.98. The molecular weight excluding hydrogens is 334 g/mol. The van der Waals surface area contributed by atoms with Gasteiger partial charge in [-0.2, -0.15) is 0 Å². The monoisotopic (exact) mass is 353 g/mol. The maximum Gasteiger partial charge on any atom is 0.261 e. The van der Waals surface area contributed by atoms with Crippen LogP contribution in [0.3, 0.4) is 0 Å². The fourth-order valence-corrected chi connectivity index (χ4v) is 2.76. The van der Waals surface area contributed by atoms with Crippen LogP contribution in [0, 0.1) is 6.92 Å². The van der Waals surface area contributed by atoms with E-state index in [1.165, 1.54) is 6.33 Å². The zero-order chi connectivity index (χ0) is 18.3. The minimum Gasteiger partial charge on any atom is -0.495 e. The Morgan fingerprint density at radius 2 is 2.08 bits per heavy atom. The first-order chi connectivity index (χ1) is 12.5. The van der Waals surface area contributed by atoms with Crippen molar-refractivity contribution in [1.29, 1.82) is 0 Å². The molecule has 1 amide bonds. The molecule has 1 fully saturated rings. The van der Waals surface area contributed by atoms with Gasteiger partial charge in [-0.1, -0.05) is 0 Å². The largest absolute Gasteiger partial charge is 0.495 e. The SMILES string of the molecule is COc1ccc(NC(=O)c2c(C)oc3ncnc(NC4(C)CC4)c23)nc1. The Hall–Kier alpha value is -3.16. The van der Waals surface area contributed by atoms with E-state index in [1.54, 1.807) is 32.4 Å². The molecule has 0 saturated heterocycles. The number of pyridine rings is 1. The minimum absolute atomic E-state index is 0.0117. The molecule has 1 aliphatic rings. The van der Waals surface area contributed by atoms with E-state index in [0.717, 1.165) is 12.8 Å². The van der Waals surface area contributed by atoms with Gasteiger partial charge in [-0.05, 0) is 38.8 Å². The van der Waals surface area contributed by atoms with Crippen LogP contribution in [0.5, 0.6) is 5.75 Å². The second-order valence-corrected chi connectivity index (χ2v) is 6.66. The van der Waals surface area contributed by atoms with Crippen molar-refractivity contribution in [3.8, 4) is 5.75 Å². The van der Waals surface area contributed by atoms with Gasteiger partial charge >= 0.3 is 0 Å². The molecule has 3 aromatic heterocycles. The zero-order valence-corrected chi connectivity index (χ0v) is 14.8. The summed E-state index contributed by atoms with van der Waals surface area (Å²) < 4.78 is 10.8. The van der Waals surface area contributed by atoms with Crippen LogP contribution < -0.4 is 15.4 Å². The molecule has 1 saturated carbocycles. The van der Waals surface area contributed by atoms with Crippen LogP contribution >= 0.6 is 0 Å². The molecule has 8 heteroatoms. The minimum atomic E-state index is -0.322. The molecule has 1 aliphatic carbocycles. The van der Waals surface area contributed by atoms with Crippen LogP contribution in [-0.2, 0) is 0 Å². The average molecular weight is 353 g/mol. The van der Waals surface area contributed by atoms with E-state index in [9.17, 15) is 4.79 Å². The van der Waals surface area contributed by atoms with Gasteiger partial charge in [0.25, 0.3) is 5.91 Å². The fourth-order valence-electron chi connectivity index (χ4n) is 2.76. The number of methoxy groups -OCH3 is 1. The quantitative estimate of drug-likeness (QED) is 0.726. The molecule has 3 aromatic rings. The maximum absolute atomic E-state index is 12.9. The van der Waals surface area contributed by atoms with Crippen LogP contribution in [-0.4, -0.2) is 33.5 Å². The van der Waals surface area contributed by atoms with Gasteiger partial charge in [-0.3, -0.25) is 4.79 Å². The van der Waals surface area contributed by atoms with E-state index < -0.39 is 0 Å². The number of aryl methyl sites for hydroxylation is 1. The van der Waals surface area contributed by atoms with Crippen molar-refractivity contribution < 1.29 is 13.9 Å². The Morgan fingerprint density at radius 1 is 1.27 bits per heavy atom. The van der Waals surface area contributed by atoms with Crippen molar-refractivity contribution in [3.63, 3.8) is 0 Å². The molecule has 4 rings (SSSR count). The third-order valence-corrected chi connectivity index (χ3v) is 4.53.